The Kier molecular flexibility index (Phi) is 6.53. The van der Waals surface area contributed by atoms with Crippen molar-refractivity contribution in [1.29, 1.82) is 0 Å². The first-order valence-electron chi connectivity index (χ1n) is 9.91. The van der Waals surface area contributed by atoms with Gasteiger partial charge in [-0.2, -0.15) is 0 Å². The summed E-state index contributed by atoms with van der Waals surface area (Å²) in [6.07, 6.45) is 0.732. The number of benzene rings is 2. The predicted molar refractivity (Wildman–Crippen MR) is 115 cm³/mol. The molecule has 0 atom stereocenters. The fraction of sp³-hybridized carbons (Fsp3) is 0.318. The zero-order chi connectivity index (χ0) is 20.8. The quantitative estimate of drug-likeness (QED) is 0.561. The Morgan fingerprint density at radius 2 is 1.87 bits per heavy atom. The van der Waals surface area contributed by atoms with E-state index in [4.69, 9.17) is 9.47 Å². The number of nitrogens with zero attached hydrogens (tertiary/aromatic N) is 3. The first-order valence-corrected chi connectivity index (χ1v) is 10.9. The molecule has 30 heavy (non-hydrogen) atoms. The summed E-state index contributed by atoms with van der Waals surface area (Å²) in [5.41, 5.74) is 2.27. The molecule has 0 radical (unpaired) electrons. The number of rotatable bonds is 8. The van der Waals surface area contributed by atoms with E-state index in [2.05, 4.69) is 27.6 Å². The molecule has 4 rings (SSSR count). The van der Waals surface area contributed by atoms with E-state index in [1.165, 1.54) is 17.3 Å². The molecule has 1 amide bonds. The van der Waals surface area contributed by atoms with Crippen LogP contribution in [0, 0.1) is 6.92 Å². The summed E-state index contributed by atoms with van der Waals surface area (Å²) >= 11 is 1.40. The number of amides is 1. The number of hydrogen-bond acceptors (Lipinski definition) is 6. The smallest absolute Gasteiger partial charge is 0.230 e. The van der Waals surface area contributed by atoms with Crippen LogP contribution in [0.25, 0.3) is 0 Å². The largest absolute Gasteiger partial charge is 0.486 e. The molecule has 1 N–H and O–H groups in total. The number of hydrogen-bond donors (Lipinski definition) is 1. The van der Waals surface area contributed by atoms with Crippen LogP contribution >= 0.6 is 11.8 Å². The van der Waals surface area contributed by atoms with Gasteiger partial charge < -0.3 is 19.4 Å². The number of carbonyl (C=O) groups is 1. The zero-order valence-corrected chi connectivity index (χ0v) is 17.7. The van der Waals surface area contributed by atoms with Gasteiger partial charge in [0, 0.05) is 6.54 Å². The van der Waals surface area contributed by atoms with E-state index in [1.54, 1.807) is 0 Å². The van der Waals surface area contributed by atoms with Crippen LogP contribution in [0.4, 0.5) is 0 Å². The second-order valence-corrected chi connectivity index (χ2v) is 7.91. The summed E-state index contributed by atoms with van der Waals surface area (Å²) in [5.74, 6) is 2.66. The molecule has 8 heteroatoms. The summed E-state index contributed by atoms with van der Waals surface area (Å²) in [6, 6.07) is 16.1. The van der Waals surface area contributed by atoms with E-state index in [1.807, 2.05) is 47.9 Å². The molecule has 0 aliphatic carbocycles. The number of thioether (sulfide) groups is 1. The third-order valence-corrected chi connectivity index (χ3v) is 5.73. The van der Waals surface area contributed by atoms with Gasteiger partial charge >= 0.3 is 0 Å². The molecule has 0 unspecified atom stereocenters. The van der Waals surface area contributed by atoms with Gasteiger partial charge in [0.25, 0.3) is 0 Å². The van der Waals surface area contributed by atoms with Gasteiger partial charge in [-0.25, -0.2) is 0 Å². The summed E-state index contributed by atoms with van der Waals surface area (Å²) in [5, 5.41) is 12.1. The lowest BCUT2D eigenvalue weighted by Gasteiger charge is -2.18. The van der Waals surface area contributed by atoms with Crippen LogP contribution < -0.4 is 14.8 Å². The third-order valence-electron chi connectivity index (χ3n) is 4.76. The number of fused-ring (bicyclic) bond motifs is 1. The van der Waals surface area contributed by atoms with E-state index in [9.17, 15) is 4.79 Å². The van der Waals surface area contributed by atoms with Crippen molar-refractivity contribution >= 4 is 17.7 Å². The van der Waals surface area contributed by atoms with Crippen LogP contribution in [0.1, 0.15) is 17.0 Å². The Balaban J connectivity index is 1.25. The molecule has 7 nitrogen and oxygen atoms in total. The Morgan fingerprint density at radius 1 is 1.07 bits per heavy atom. The fourth-order valence-corrected chi connectivity index (χ4v) is 4.00. The van der Waals surface area contributed by atoms with Crippen molar-refractivity contribution in [2.45, 2.75) is 25.0 Å². The molecule has 1 aliphatic rings. The maximum Gasteiger partial charge on any atom is 0.230 e. The summed E-state index contributed by atoms with van der Waals surface area (Å²) in [6.45, 7) is 4.33. The van der Waals surface area contributed by atoms with E-state index in [0.717, 1.165) is 34.5 Å². The van der Waals surface area contributed by atoms with Gasteiger partial charge in [-0.15, -0.1) is 10.2 Å². The molecule has 0 spiro atoms. The zero-order valence-electron chi connectivity index (χ0n) is 16.8. The number of aryl methyl sites for hydroxylation is 1. The maximum absolute atomic E-state index is 12.3. The van der Waals surface area contributed by atoms with Crippen molar-refractivity contribution in [3.63, 3.8) is 0 Å². The second kappa shape index (κ2) is 9.67. The maximum atomic E-state index is 12.3. The standard InChI is InChI=1S/C22H24N4O3S/c1-16-24-25-22(26(16)14-18-5-3-2-4-6-18)30-15-21(27)23-10-9-17-7-8-19-20(13-17)29-12-11-28-19/h2-8,13H,9-12,14-15H2,1H3,(H,23,27). The highest BCUT2D eigenvalue weighted by Crippen LogP contribution is 2.30. The molecule has 0 bridgehead atoms. The Bertz CT molecular complexity index is 1010. The SMILES string of the molecule is Cc1nnc(SCC(=O)NCCc2ccc3c(c2)OCCO3)n1Cc1ccccc1. The number of ether oxygens (including phenoxy) is 2. The second-order valence-electron chi connectivity index (χ2n) is 6.97. The molecule has 3 aromatic rings. The van der Waals surface area contributed by atoms with Crippen molar-refractivity contribution in [3.05, 3.63) is 65.5 Å². The average Bonchev–Trinajstić information content (AvgIpc) is 3.12. The van der Waals surface area contributed by atoms with Gasteiger partial charge in [0.15, 0.2) is 16.7 Å². The Hall–Kier alpha value is -3.00. The molecule has 1 aliphatic heterocycles. The summed E-state index contributed by atoms with van der Waals surface area (Å²) in [7, 11) is 0. The summed E-state index contributed by atoms with van der Waals surface area (Å²) < 4.78 is 13.2. The predicted octanol–water partition coefficient (Wildman–Crippen LogP) is 2.86. The van der Waals surface area contributed by atoms with Gasteiger partial charge in [0.05, 0.1) is 12.3 Å². The van der Waals surface area contributed by atoms with E-state index >= 15 is 0 Å². The molecule has 0 saturated heterocycles. The van der Waals surface area contributed by atoms with E-state index in [-0.39, 0.29) is 5.91 Å². The van der Waals surface area contributed by atoms with Crippen LogP contribution in [-0.4, -0.2) is 46.2 Å². The number of nitrogens with one attached hydrogen (secondary N) is 1. The molecule has 156 valence electrons. The number of carbonyl (C=O) groups excluding carboxylic acids is 1. The van der Waals surface area contributed by atoms with Crippen molar-refractivity contribution in [3.8, 4) is 11.5 Å². The van der Waals surface area contributed by atoms with Gasteiger partial charge in [-0.1, -0.05) is 48.2 Å². The average molecular weight is 425 g/mol. The third kappa shape index (κ3) is 5.13. The van der Waals surface area contributed by atoms with Crippen LogP contribution in [0.3, 0.4) is 0 Å². The molecule has 0 saturated carbocycles. The van der Waals surface area contributed by atoms with Gasteiger partial charge in [0.1, 0.15) is 19.0 Å². The summed E-state index contributed by atoms with van der Waals surface area (Å²) in [4.78, 5) is 12.3. The van der Waals surface area contributed by atoms with Crippen molar-refractivity contribution < 1.29 is 14.3 Å². The highest BCUT2D eigenvalue weighted by Gasteiger charge is 2.13. The van der Waals surface area contributed by atoms with Crippen LogP contribution in [0.5, 0.6) is 11.5 Å². The first-order chi connectivity index (χ1) is 14.7. The van der Waals surface area contributed by atoms with E-state index in [0.29, 0.717) is 32.1 Å². The van der Waals surface area contributed by atoms with Crippen LogP contribution in [-0.2, 0) is 17.8 Å². The minimum Gasteiger partial charge on any atom is -0.486 e. The van der Waals surface area contributed by atoms with Crippen molar-refractivity contribution in [2.24, 2.45) is 0 Å². The monoisotopic (exact) mass is 424 g/mol. The van der Waals surface area contributed by atoms with Gasteiger partial charge in [-0.05, 0) is 36.6 Å². The van der Waals surface area contributed by atoms with Crippen LogP contribution in [0.2, 0.25) is 0 Å². The molecular formula is C22H24N4O3S. The molecule has 0 fully saturated rings. The lowest BCUT2D eigenvalue weighted by molar-refractivity contribution is -0.118. The molecular weight excluding hydrogens is 400 g/mol. The normalized spacial score (nSPS) is 12.6. The van der Waals surface area contributed by atoms with Gasteiger partial charge in [0.2, 0.25) is 5.91 Å². The fourth-order valence-electron chi connectivity index (χ4n) is 3.19. The Morgan fingerprint density at radius 3 is 2.70 bits per heavy atom. The molecule has 1 aromatic heterocycles. The highest BCUT2D eigenvalue weighted by atomic mass is 32.2. The number of aromatic nitrogens is 3. The van der Waals surface area contributed by atoms with Crippen molar-refractivity contribution in [1.82, 2.24) is 20.1 Å². The minimum atomic E-state index is -0.0237. The lowest BCUT2D eigenvalue weighted by Crippen LogP contribution is -2.27. The van der Waals surface area contributed by atoms with Gasteiger partial charge in [-0.3, -0.25) is 4.79 Å². The minimum absolute atomic E-state index is 0.0237. The molecule has 2 heterocycles. The van der Waals surface area contributed by atoms with E-state index < -0.39 is 0 Å². The highest BCUT2D eigenvalue weighted by molar-refractivity contribution is 7.99. The lowest BCUT2D eigenvalue weighted by atomic mass is 10.1. The topological polar surface area (TPSA) is 78.3 Å². The van der Waals surface area contributed by atoms with Crippen molar-refractivity contribution in [2.75, 3.05) is 25.5 Å². The van der Waals surface area contributed by atoms with Crippen LogP contribution in [0.15, 0.2) is 53.7 Å². The first kappa shape index (κ1) is 20.3. The molecule has 2 aromatic carbocycles. The Labute approximate surface area is 179 Å².